The number of carboxylic acids is 1. The topological polar surface area (TPSA) is 66.8 Å². The molecule has 2 aliphatic heterocycles. The Morgan fingerprint density at radius 2 is 1.85 bits per heavy atom. The lowest BCUT2D eigenvalue weighted by Crippen LogP contribution is -2.68. The first-order chi connectivity index (χ1) is 12.0. The van der Waals surface area contributed by atoms with Gasteiger partial charge in [0.05, 0.1) is 24.7 Å². The molecule has 4 nitrogen and oxygen atoms in total. The fourth-order valence-corrected chi connectivity index (χ4v) is 8.05. The van der Waals surface area contributed by atoms with E-state index in [4.69, 9.17) is 4.74 Å². The van der Waals surface area contributed by atoms with Crippen molar-refractivity contribution < 1.29 is 19.7 Å². The highest BCUT2D eigenvalue weighted by atomic mass is 16.5. The van der Waals surface area contributed by atoms with Gasteiger partial charge in [0.15, 0.2) is 0 Å². The Bertz CT molecular complexity index is 653. The van der Waals surface area contributed by atoms with Crippen LogP contribution < -0.4 is 0 Å². The van der Waals surface area contributed by atoms with Crippen LogP contribution in [0.25, 0.3) is 0 Å². The van der Waals surface area contributed by atoms with Gasteiger partial charge in [0, 0.05) is 11.8 Å². The van der Waals surface area contributed by atoms with E-state index in [1.54, 1.807) is 0 Å². The molecule has 4 heteroatoms. The standard InChI is InChI=1S/C22H34O4/c1-12-10-14-19-21(4)9-7-16(23)20(2,3)15(21)6-8-22(19,5)18(12)13(26-14)11-17(24)25/h10,13-16,18-19,23H,6-9,11H2,1-5H3,(H,24,25). The fourth-order valence-electron chi connectivity index (χ4n) is 8.05. The summed E-state index contributed by atoms with van der Waals surface area (Å²) in [6, 6.07) is 0. The molecule has 0 radical (unpaired) electrons. The average Bonchev–Trinajstić information content (AvgIpc) is 2.49. The number of hydrogen-bond donors (Lipinski definition) is 2. The van der Waals surface area contributed by atoms with Gasteiger partial charge >= 0.3 is 5.97 Å². The molecular formula is C22H34O4. The minimum Gasteiger partial charge on any atom is -0.481 e. The largest absolute Gasteiger partial charge is 0.481 e. The summed E-state index contributed by atoms with van der Waals surface area (Å²) in [5, 5.41) is 20.0. The molecule has 0 aromatic rings. The molecule has 0 aromatic heterocycles. The third-order valence-electron chi connectivity index (χ3n) is 8.94. The third-order valence-corrected chi connectivity index (χ3v) is 8.94. The van der Waals surface area contributed by atoms with Crippen molar-refractivity contribution >= 4 is 5.97 Å². The van der Waals surface area contributed by atoms with E-state index in [9.17, 15) is 15.0 Å². The molecule has 26 heavy (non-hydrogen) atoms. The lowest BCUT2D eigenvalue weighted by Gasteiger charge is -2.70. The van der Waals surface area contributed by atoms with Crippen molar-refractivity contribution in [2.45, 2.75) is 85.0 Å². The van der Waals surface area contributed by atoms with Gasteiger partial charge in [-0.2, -0.15) is 0 Å². The number of aliphatic hydroxyl groups is 1. The van der Waals surface area contributed by atoms with Crippen LogP contribution >= 0.6 is 0 Å². The molecule has 3 aliphatic carbocycles. The molecular weight excluding hydrogens is 328 g/mol. The molecule has 8 unspecified atom stereocenters. The molecule has 2 bridgehead atoms. The van der Waals surface area contributed by atoms with Gasteiger partial charge in [-0.15, -0.1) is 0 Å². The molecule has 146 valence electrons. The van der Waals surface area contributed by atoms with Crippen LogP contribution in [0.2, 0.25) is 0 Å². The predicted octanol–water partition coefficient (Wildman–Crippen LogP) is 4.02. The maximum absolute atomic E-state index is 11.4. The monoisotopic (exact) mass is 362 g/mol. The quantitative estimate of drug-likeness (QED) is 0.728. The molecule has 8 atom stereocenters. The van der Waals surface area contributed by atoms with Crippen LogP contribution in [0.3, 0.4) is 0 Å². The van der Waals surface area contributed by atoms with Gasteiger partial charge in [0.1, 0.15) is 0 Å². The van der Waals surface area contributed by atoms with E-state index < -0.39 is 5.97 Å². The third kappa shape index (κ3) is 2.24. The lowest BCUT2D eigenvalue weighted by atomic mass is 9.38. The zero-order valence-electron chi connectivity index (χ0n) is 16.8. The second-order valence-electron chi connectivity index (χ2n) is 10.6. The van der Waals surface area contributed by atoms with Gasteiger partial charge in [-0.05, 0) is 54.8 Å². The molecule has 0 aromatic carbocycles. The number of aliphatic hydroxyl groups excluding tert-OH is 1. The van der Waals surface area contributed by atoms with Crippen molar-refractivity contribution in [1.82, 2.24) is 0 Å². The molecule has 1 saturated heterocycles. The van der Waals surface area contributed by atoms with Crippen LogP contribution in [0.5, 0.6) is 0 Å². The van der Waals surface area contributed by atoms with Gasteiger partial charge in [-0.25, -0.2) is 0 Å². The van der Waals surface area contributed by atoms with Crippen molar-refractivity contribution in [2.75, 3.05) is 0 Å². The van der Waals surface area contributed by atoms with Crippen molar-refractivity contribution in [3.05, 3.63) is 11.6 Å². The van der Waals surface area contributed by atoms with Crippen LogP contribution in [0, 0.1) is 34.0 Å². The van der Waals surface area contributed by atoms with Crippen molar-refractivity contribution in [1.29, 1.82) is 0 Å². The number of aliphatic carboxylic acids is 1. The Kier molecular flexibility index (Phi) is 3.96. The number of fused-ring (bicyclic) bond motifs is 2. The summed E-state index contributed by atoms with van der Waals surface area (Å²) < 4.78 is 6.39. The van der Waals surface area contributed by atoms with Crippen molar-refractivity contribution in [3.63, 3.8) is 0 Å². The Morgan fingerprint density at radius 3 is 2.50 bits per heavy atom. The van der Waals surface area contributed by atoms with Gasteiger partial charge in [0.2, 0.25) is 0 Å². The highest BCUT2D eigenvalue weighted by Gasteiger charge is 2.67. The van der Waals surface area contributed by atoms with Crippen LogP contribution in [0.1, 0.15) is 66.7 Å². The highest BCUT2D eigenvalue weighted by molar-refractivity contribution is 5.67. The van der Waals surface area contributed by atoms with E-state index in [0.717, 1.165) is 25.7 Å². The molecule has 0 amide bonds. The second-order valence-corrected chi connectivity index (χ2v) is 10.6. The number of hydrogen-bond acceptors (Lipinski definition) is 3. The number of rotatable bonds is 2. The summed E-state index contributed by atoms with van der Waals surface area (Å²) >= 11 is 0. The predicted molar refractivity (Wildman–Crippen MR) is 99.6 cm³/mol. The molecule has 5 rings (SSSR count). The van der Waals surface area contributed by atoms with E-state index in [0.29, 0.717) is 11.8 Å². The van der Waals surface area contributed by atoms with Crippen LogP contribution in [-0.2, 0) is 9.53 Å². The molecule has 3 fully saturated rings. The number of ether oxygens (including phenoxy) is 1. The summed E-state index contributed by atoms with van der Waals surface area (Å²) in [5.74, 6) is 0.310. The molecule has 2 N–H and O–H groups in total. The van der Waals surface area contributed by atoms with E-state index in [-0.39, 0.29) is 46.9 Å². The van der Waals surface area contributed by atoms with E-state index in [2.05, 4.69) is 40.7 Å². The first-order valence-electron chi connectivity index (χ1n) is 10.3. The van der Waals surface area contributed by atoms with Crippen molar-refractivity contribution in [2.24, 2.45) is 34.0 Å². The minimum absolute atomic E-state index is 0.00759. The normalized spacial score (nSPS) is 52.0. The smallest absolute Gasteiger partial charge is 0.306 e. The Morgan fingerprint density at radius 1 is 1.19 bits per heavy atom. The molecule has 2 saturated carbocycles. The first-order valence-corrected chi connectivity index (χ1v) is 10.3. The first kappa shape index (κ1) is 18.5. The van der Waals surface area contributed by atoms with E-state index >= 15 is 0 Å². The number of carboxylic acid groups (broad SMARTS) is 1. The van der Waals surface area contributed by atoms with Gasteiger partial charge in [-0.3, -0.25) is 4.79 Å². The van der Waals surface area contributed by atoms with E-state index in [1.165, 1.54) is 5.57 Å². The molecule has 5 aliphatic rings. The SMILES string of the molecule is CC1=CC2OC(CC(=O)O)C1C1(C)CCC3C(C)(C)C(O)CCC3(C)C21. The number of carbonyl (C=O) groups is 1. The zero-order chi connectivity index (χ0) is 19.1. The Balaban J connectivity index is 1.76. The van der Waals surface area contributed by atoms with E-state index in [1.807, 2.05) is 0 Å². The van der Waals surface area contributed by atoms with Crippen LogP contribution in [0.15, 0.2) is 11.6 Å². The summed E-state index contributed by atoms with van der Waals surface area (Å²) in [6.07, 6.45) is 6.05. The fraction of sp³-hybridized carbons (Fsp3) is 0.864. The Hall–Kier alpha value is -0.870. The minimum atomic E-state index is -0.766. The second kappa shape index (κ2) is 5.57. The summed E-state index contributed by atoms with van der Waals surface area (Å²) in [6.45, 7) is 11.5. The Labute approximate surface area is 157 Å². The zero-order valence-corrected chi connectivity index (χ0v) is 16.8. The van der Waals surface area contributed by atoms with Gasteiger partial charge in [-0.1, -0.05) is 39.3 Å². The van der Waals surface area contributed by atoms with Gasteiger partial charge in [0.25, 0.3) is 0 Å². The maximum atomic E-state index is 11.4. The lowest BCUT2D eigenvalue weighted by molar-refractivity contribution is -0.260. The molecule has 2 heterocycles. The van der Waals surface area contributed by atoms with Gasteiger partial charge < -0.3 is 14.9 Å². The summed E-state index contributed by atoms with van der Waals surface area (Å²) in [4.78, 5) is 11.4. The summed E-state index contributed by atoms with van der Waals surface area (Å²) in [7, 11) is 0. The van der Waals surface area contributed by atoms with Crippen LogP contribution in [-0.4, -0.2) is 34.5 Å². The average molecular weight is 363 g/mol. The highest BCUT2D eigenvalue weighted by Crippen LogP contribution is 2.70. The maximum Gasteiger partial charge on any atom is 0.306 e. The van der Waals surface area contributed by atoms with Crippen LogP contribution in [0.4, 0.5) is 0 Å². The van der Waals surface area contributed by atoms with Crippen molar-refractivity contribution in [3.8, 4) is 0 Å². The summed E-state index contributed by atoms with van der Waals surface area (Å²) in [5.41, 5.74) is 1.46. The molecule has 0 spiro atoms.